The smallest absolute Gasteiger partial charge is 0.319 e. The fraction of sp³-hybridized carbons (Fsp3) is 0.583. The molecule has 0 spiro atoms. The van der Waals surface area contributed by atoms with Crippen molar-refractivity contribution < 1.29 is 9.53 Å². The van der Waals surface area contributed by atoms with Gasteiger partial charge in [0.25, 0.3) is 0 Å². The maximum Gasteiger partial charge on any atom is 0.319 e. The molecule has 1 saturated heterocycles. The summed E-state index contributed by atoms with van der Waals surface area (Å²) in [6.45, 7) is 5.13. The van der Waals surface area contributed by atoms with Gasteiger partial charge in [-0.1, -0.05) is 11.6 Å². The van der Waals surface area contributed by atoms with Crippen LogP contribution in [0.5, 0.6) is 0 Å². The lowest BCUT2D eigenvalue weighted by Crippen LogP contribution is -2.47. The van der Waals surface area contributed by atoms with Gasteiger partial charge in [0, 0.05) is 37.6 Å². The Hall–Kier alpha value is -0.620. The summed E-state index contributed by atoms with van der Waals surface area (Å²) in [7, 11) is 1.43. The molecule has 1 aliphatic rings. The molecule has 1 aromatic rings. The molecule has 0 atom stereocenters. The molecule has 1 aliphatic heterocycles. The van der Waals surface area contributed by atoms with E-state index in [-0.39, 0.29) is 5.97 Å². The van der Waals surface area contributed by atoms with Crippen molar-refractivity contribution >= 4 is 28.9 Å². The van der Waals surface area contributed by atoms with Crippen molar-refractivity contribution in [2.45, 2.75) is 6.54 Å². The lowest BCUT2D eigenvalue weighted by atomic mass is 10.3. The summed E-state index contributed by atoms with van der Waals surface area (Å²) in [5.74, 6) is -0.159. The molecule has 0 N–H and O–H groups in total. The Morgan fingerprint density at radius 2 is 2.00 bits per heavy atom. The third-order valence-electron chi connectivity index (χ3n) is 3.05. The average Bonchev–Trinajstić information content (AvgIpc) is 2.77. The van der Waals surface area contributed by atoms with Crippen LogP contribution in [0.2, 0.25) is 4.34 Å². The number of piperazine rings is 1. The van der Waals surface area contributed by atoms with Gasteiger partial charge in [0.2, 0.25) is 0 Å². The van der Waals surface area contributed by atoms with Crippen molar-refractivity contribution in [3.8, 4) is 0 Å². The van der Waals surface area contributed by atoms with Crippen molar-refractivity contribution in [3.05, 3.63) is 21.3 Å². The Bertz CT molecular complexity index is 403. The highest BCUT2D eigenvalue weighted by molar-refractivity contribution is 7.16. The Labute approximate surface area is 116 Å². The van der Waals surface area contributed by atoms with Gasteiger partial charge in [-0.2, -0.15) is 0 Å². The number of halogens is 1. The summed E-state index contributed by atoms with van der Waals surface area (Å²) >= 11 is 7.55. The second kappa shape index (κ2) is 6.52. The van der Waals surface area contributed by atoms with Gasteiger partial charge in [0.15, 0.2) is 0 Å². The van der Waals surface area contributed by atoms with E-state index < -0.39 is 0 Å². The molecule has 0 saturated carbocycles. The van der Waals surface area contributed by atoms with Crippen LogP contribution in [-0.4, -0.2) is 55.6 Å². The van der Waals surface area contributed by atoms with E-state index in [1.807, 2.05) is 6.07 Å². The number of carbonyl (C=O) groups is 1. The molecule has 6 heteroatoms. The Balaban J connectivity index is 1.75. The first-order chi connectivity index (χ1) is 8.67. The quantitative estimate of drug-likeness (QED) is 0.790. The van der Waals surface area contributed by atoms with Gasteiger partial charge < -0.3 is 4.74 Å². The number of esters is 1. The van der Waals surface area contributed by atoms with Crippen LogP contribution in [0.25, 0.3) is 0 Å². The zero-order valence-corrected chi connectivity index (χ0v) is 12.0. The fourth-order valence-corrected chi connectivity index (χ4v) is 3.14. The van der Waals surface area contributed by atoms with Gasteiger partial charge in [0.1, 0.15) is 0 Å². The van der Waals surface area contributed by atoms with Gasteiger partial charge in [-0.25, -0.2) is 0 Å². The van der Waals surface area contributed by atoms with Crippen LogP contribution in [-0.2, 0) is 16.1 Å². The van der Waals surface area contributed by atoms with Gasteiger partial charge >= 0.3 is 5.97 Å². The zero-order chi connectivity index (χ0) is 13.0. The maximum atomic E-state index is 11.2. The van der Waals surface area contributed by atoms with E-state index in [2.05, 4.69) is 20.6 Å². The molecular weight excluding hydrogens is 272 g/mol. The molecule has 2 rings (SSSR count). The predicted octanol–water partition coefficient (Wildman–Crippen LogP) is 1.69. The lowest BCUT2D eigenvalue weighted by Gasteiger charge is -2.33. The van der Waals surface area contributed by atoms with Crippen LogP contribution in [0, 0.1) is 0 Å². The number of nitrogens with zero attached hydrogens (tertiary/aromatic N) is 2. The number of ether oxygens (including phenoxy) is 1. The highest BCUT2D eigenvalue weighted by Crippen LogP contribution is 2.23. The highest BCUT2D eigenvalue weighted by Gasteiger charge is 2.19. The van der Waals surface area contributed by atoms with Crippen molar-refractivity contribution in [1.29, 1.82) is 0 Å². The van der Waals surface area contributed by atoms with Gasteiger partial charge in [0.05, 0.1) is 18.0 Å². The molecular formula is C12H17ClN2O2S. The zero-order valence-electron chi connectivity index (χ0n) is 10.4. The molecule has 0 unspecified atom stereocenters. The highest BCUT2D eigenvalue weighted by atomic mass is 35.5. The molecule has 0 aromatic carbocycles. The molecule has 0 radical (unpaired) electrons. The van der Waals surface area contributed by atoms with E-state index in [1.54, 1.807) is 11.3 Å². The molecule has 1 fully saturated rings. The Morgan fingerprint density at radius 3 is 2.56 bits per heavy atom. The first-order valence-electron chi connectivity index (χ1n) is 5.93. The topological polar surface area (TPSA) is 32.8 Å². The normalized spacial score (nSPS) is 17.9. The minimum Gasteiger partial charge on any atom is -0.468 e. The lowest BCUT2D eigenvalue weighted by molar-refractivity contribution is -0.142. The summed E-state index contributed by atoms with van der Waals surface area (Å²) in [6.07, 6.45) is 0. The first-order valence-corrected chi connectivity index (χ1v) is 7.12. The summed E-state index contributed by atoms with van der Waals surface area (Å²) in [6, 6.07) is 4.02. The summed E-state index contributed by atoms with van der Waals surface area (Å²) < 4.78 is 5.51. The SMILES string of the molecule is COC(=O)CN1CCN(Cc2ccc(Cl)s2)CC1. The Kier molecular flexibility index (Phi) is 5.00. The molecule has 1 aromatic heterocycles. The van der Waals surface area contributed by atoms with Gasteiger partial charge in [-0.3, -0.25) is 14.6 Å². The second-order valence-electron chi connectivity index (χ2n) is 4.33. The summed E-state index contributed by atoms with van der Waals surface area (Å²) in [5.41, 5.74) is 0. The number of rotatable bonds is 4. The molecule has 0 amide bonds. The minimum atomic E-state index is -0.159. The van der Waals surface area contributed by atoms with Crippen molar-refractivity contribution in [2.24, 2.45) is 0 Å². The third kappa shape index (κ3) is 3.95. The van der Waals surface area contributed by atoms with Crippen LogP contribution in [0.3, 0.4) is 0 Å². The minimum absolute atomic E-state index is 0.159. The molecule has 4 nitrogen and oxygen atoms in total. The van der Waals surface area contributed by atoms with Crippen molar-refractivity contribution in [1.82, 2.24) is 9.80 Å². The molecule has 2 heterocycles. The molecule has 0 aliphatic carbocycles. The van der Waals surface area contributed by atoms with Crippen LogP contribution in [0.15, 0.2) is 12.1 Å². The number of methoxy groups -OCH3 is 1. The maximum absolute atomic E-state index is 11.2. The van der Waals surface area contributed by atoms with Crippen molar-refractivity contribution in [2.75, 3.05) is 39.8 Å². The van der Waals surface area contributed by atoms with Crippen LogP contribution >= 0.6 is 22.9 Å². The van der Waals surface area contributed by atoms with E-state index >= 15 is 0 Å². The number of carbonyl (C=O) groups excluding carboxylic acids is 1. The summed E-state index contributed by atoms with van der Waals surface area (Å²) in [4.78, 5) is 17.0. The monoisotopic (exact) mass is 288 g/mol. The molecule has 100 valence electrons. The average molecular weight is 289 g/mol. The number of thiophene rings is 1. The predicted molar refractivity (Wildman–Crippen MR) is 73.1 cm³/mol. The molecule has 0 bridgehead atoms. The summed E-state index contributed by atoms with van der Waals surface area (Å²) in [5, 5.41) is 0. The first kappa shape index (κ1) is 13.8. The number of hydrogen-bond donors (Lipinski definition) is 0. The number of hydrogen-bond acceptors (Lipinski definition) is 5. The van der Waals surface area contributed by atoms with E-state index in [0.717, 1.165) is 37.1 Å². The standard InChI is InChI=1S/C12H17ClN2O2S/c1-17-12(16)9-15-6-4-14(5-7-15)8-10-2-3-11(13)18-10/h2-3H,4-9H2,1H3. The molecule has 18 heavy (non-hydrogen) atoms. The van der Waals surface area contributed by atoms with E-state index in [1.165, 1.54) is 12.0 Å². The third-order valence-corrected chi connectivity index (χ3v) is 4.27. The van der Waals surface area contributed by atoms with Gasteiger partial charge in [-0.05, 0) is 12.1 Å². The largest absolute Gasteiger partial charge is 0.468 e. The van der Waals surface area contributed by atoms with E-state index in [0.29, 0.717) is 6.54 Å². The van der Waals surface area contributed by atoms with Gasteiger partial charge in [-0.15, -0.1) is 11.3 Å². The van der Waals surface area contributed by atoms with E-state index in [9.17, 15) is 4.79 Å². The van der Waals surface area contributed by atoms with E-state index in [4.69, 9.17) is 11.6 Å². The fourth-order valence-electron chi connectivity index (χ4n) is 2.01. The van der Waals surface area contributed by atoms with Crippen LogP contribution in [0.4, 0.5) is 0 Å². The second-order valence-corrected chi connectivity index (χ2v) is 6.13. The van der Waals surface area contributed by atoms with Crippen molar-refractivity contribution in [3.63, 3.8) is 0 Å². The van der Waals surface area contributed by atoms with Crippen LogP contribution < -0.4 is 0 Å². The van der Waals surface area contributed by atoms with Crippen LogP contribution in [0.1, 0.15) is 4.88 Å². The Morgan fingerprint density at radius 1 is 1.33 bits per heavy atom.